The maximum absolute atomic E-state index is 12.3. The lowest BCUT2D eigenvalue weighted by Crippen LogP contribution is -2.14. The van der Waals surface area contributed by atoms with Crippen LogP contribution in [0, 0.1) is 0 Å². The molecule has 0 N–H and O–H groups in total. The first kappa shape index (κ1) is 20.6. The third kappa shape index (κ3) is 3.85. The van der Waals surface area contributed by atoms with Crippen molar-refractivity contribution in [3.05, 3.63) is 58.7 Å². The van der Waals surface area contributed by atoms with Crippen molar-refractivity contribution in [1.29, 1.82) is 0 Å². The normalized spacial score (nSPS) is 10.0. The minimum atomic E-state index is -0.758. The summed E-state index contributed by atoms with van der Waals surface area (Å²) >= 11 is 0. The van der Waals surface area contributed by atoms with Crippen molar-refractivity contribution in [2.75, 3.05) is 28.4 Å². The Balaban J connectivity index is 2.77. The van der Waals surface area contributed by atoms with E-state index in [-0.39, 0.29) is 22.3 Å². The first-order valence-corrected chi connectivity index (χ1v) is 8.00. The van der Waals surface area contributed by atoms with E-state index in [2.05, 4.69) is 4.74 Å². The molecule has 0 atom stereocenters. The minimum Gasteiger partial charge on any atom is -0.465 e. The quantitative estimate of drug-likeness (QED) is 0.570. The fourth-order valence-corrected chi connectivity index (χ4v) is 2.67. The van der Waals surface area contributed by atoms with E-state index < -0.39 is 23.9 Å². The van der Waals surface area contributed by atoms with E-state index in [9.17, 15) is 19.2 Å². The third-order valence-corrected chi connectivity index (χ3v) is 4.00. The van der Waals surface area contributed by atoms with Gasteiger partial charge >= 0.3 is 23.9 Å². The molecule has 0 aliphatic rings. The molecular weight excluding hydrogens is 368 g/mol. The van der Waals surface area contributed by atoms with Gasteiger partial charge in [0.1, 0.15) is 0 Å². The Labute approximate surface area is 161 Å². The predicted octanol–water partition coefficient (Wildman–Crippen LogP) is 2.50. The fourth-order valence-electron chi connectivity index (χ4n) is 2.67. The van der Waals surface area contributed by atoms with Crippen molar-refractivity contribution in [1.82, 2.24) is 0 Å². The van der Waals surface area contributed by atoms with Crippen LogP contribution in [0.2, 0.25) is 0 Å². The highest BCUT2D eigenvalue weighted by Crippen LogP contribution is 2.30. The third-order valence-electron chi connectivity index (χ3n) is 4.00. The molecule has 0 spiro atoms. The van der Waals surface area contributed by atoms with Crippen molar-refractivity contribution in [2.24, 2.45) is 0 Å². The average Bonchev–Trinajstić information content (AvgIpc) is 2.75. The topological polar surface area (TPSA) is 105 Å². The maximum atomic E-state index is 12.3. The van der Waals surface area contributed by atoms with Crippen LogP contribution < -0.4 is 0 Å². The van der Waals surface area contributed by atoms with Crippen LogP contribution in [0.1, 0.15) is 41.4 Å². The molecule has 2 aromatic rings. The van der Waals surface area contributed by atoms with Gasteiger partial charge in [0.2, 0.25) is 0 Å². The van der Waals surface area contributed by atoms with E-state index in [0.717, 1.165) is 0 Å². The van der Waals surface area contributed by atoms with Gasteiger partial charge in [-0.2, -0.15) is 0 Å². The van der Waals surface area contributed by atoms with Crippen LogP contribution in [0.4, 0.5) is 0 Å². The summed E-state index contributed by atoms with van der Waals surface area (Å²) in [4.78, 5) is 48.5. The highest BCUT2D eigenvalue weighted by Gasteiger charge is 2.25. The highest BCUT2D eigenvalue weighted by molar-refractivity contribution is 6.09. The number of methoxy groups -OCH3 is 4. The number of carbonyl (C=O) groups is 4. The van der Waals surface area contributed by atoms with E-state index in [1.54, 1.807) is 12.1 Å². The summed E-state index contributed by atoms with van der Waals surface area (Å²) < 4.78 is 18.9. The Morgan fingerprint density at radius 3 is 1.71 bits per heavy atom. The zero-order valence-electron chi connectivity index (χ0n) is 15.7. The molecule has 0 bridgehead atoms. The number of ether oxygens (including phenoxy) is 4. The lowest BCUT2D eigenvalue weighted by molar-refractivity contribution is 0.0555. The molecule has 0 aliphatic heterocycles. The van der Waals surface area contributed by atoms with Crippen LogP contribution in [-0.2, 0) is 18.9 Å². The van der Waals surface area contributed by atoms with Crippen molar-refractivity contribution in [2.45, 2.75) is 0 Å². The van der Waals surface area contributed by atoms with Crippen LogP contribution in [0.3, 0.4) is 0 Å². The van der Waals surface area contributed by atoms with Crippen molar-refractivity contribution < 1.29 is 38.1 Å². The number of rotatable bonds is 5. The monoisotopic (exact) mass is 386 g/mol. The summed E-state index contributed by atoms with van der Waals surface area (Å²) in [6.07, 6.45) is 0. The largest absolute Gasteiger partial charge is 0.465 e. The fraction of sp³-hybridized carbons (Fsp3) is 0.200. The number of hydrogen-bond acceptors (Lipinski definition) is 8. The Hall–Kier alpha value is -3.68. The van der Waals surface area contributed by atoms with E-state index in [1.807, 2.05) is 0 Å². The molecule has 0 heterocycles. The molecule has 0 aliphatic carbocycles. The lowest BCUT2D eigenvalue weighted by atomic mass is 9.92. The number of hydrogen-bond donors (Lipinski definition) is 0. The van der Waals surface area contributed by atoms with Gasteiger partial charge in [-0.15, -0.1) is 0 Å². The van der Waals surface area contributed by atoms with Gasteiger partial charge in [-0.1, -0.05) is 18.2 Å². The Morgan fingerprint density at radius 1 is 0.607 bits per heavy atom. The maximum Gasteiger partial charge on any atom is 0.339 e. The SMILES string of the molecule is COC(=O)c1ccc(-c2cccc(C(=O)OC)c2C(=O)OC)cc1C(=O)OC. The summed E-state index contributed by atoms with van der Waals surface area (Å²) in [6, 6.07) is 8.82. The zero-order valence-corrected chi connectivity index (χ0v) is 15.7. The van der Waals surface area contributed by atoms with Crippen molar-refractivity contribution >= 4 is 23.9 Å². The molecule has 0 amide bonds. The first-order valence-electron chi connectivity index (χ1n) is 8.00. The Morgan fingerprint density at radius 2 is 1.14 bits per heavy atom. The number of esters is 4. The predicted molar refractivity (Wildman–Crippen MR) is 97.2 cm³/mol. The number of benzene rings is 2. The van der Waals surface area contributed by atoms with Crippen LogP contribution >= 0.6 is 0 Å². The summed E-state index contributed by atoms with van der Waals surface area (Å²) in [5, 5.41) is 0. The lowest BCUT2D eigenvalue weighted by Gasteiger charge is -2.14. The van der Waals surface area contributed by atoms with Gasteiger partial charge in [0.15, 0.2) is 0 Å². The van der Waals surface area contributed by atoms with Crippen LogP contribution in [0.5, 0.6) is 0 Å². The van der Waals surface area contributed by atoms with Gasteiger partial charge in [-0.25, -0.2) is 19.2 Å². The highest BCUT2D eigenvalue weighted by atomic mass is 16.5. The molecule has 28 heavy (non-hydrogen) atoms. The average molecular weight is 386 g/mol. The standard InChI is InChI=1S/C20H18O8/c1-25-17(21)13-9-8-11(10-15(13)19(23)27-3)12-6-5-7-14(18(22)26-2)16(12)20(24)28-4/h5-10H,1-4H3. The molecule has 0 radical (unpaired) electrons. The van der Waals surface area contributed by atoms with Crippen molar-refractivity contribution in [3.63, 3.8) is 0 Å². The zero-order chi connectivity index (χ0) is 20.8. The number of carbonyl (C=O) groups excluding carboxylic acids is 4. The molecule has 0 saturated heterocycles. The van der Waals surface area contributed by atoms with Crippen LogP contribution in [0.15, 0.2) is 36.4 Å². The molecule has 8 heteroatoms. The van der Waals surface area contributed by atoms with E-state index in [0.29, 0.717) is 11.1 Å². The van der Waals surface area contributed by atoms with E-state index >= 15 is 0 Å². The minimum absolute atomic E-state index is 0.00170. The summed E-state index contributed by atoms with van der Waals surface area (Å²) in [5.74, 6) is -2.95. The molecular formula is C20H18O8. The molecule has 2 aromatic carbocycles. The van der Waals surface area contributed by atoms with Gasteiger partial charge in [0.05, 0.1) is 50.7 Å². The first-order chi connectivity index (χ1) is 13.4. The molecule has 2 rings (SSSR count). The Kier molecular flexibility index (Phi) is 6.49. The molecule has 0 fully saturated rings. The van der Waals surface area contributed by atoms with Gasteiger partial charge in [-0.05, 0) is 29.3 Å². The van der Waals surface area contributed by atoms with Gasteiger partial charge in [-0.3, -0.25) is 0 Å². The molecule has 0 unspecified atom stereocenters. The Bertz CT molecular complexity index is 945. The second-order valence-electron chi connectivity index (χ2n) is 5.45. The van der Waals surface area contributed by atoms with E-state index in [4.69, 9.17) is 14.2 Å². The van der Waals surface area contributed by atoms with Crippen molar-refractivity contribution in [3.8, 4) is 11.1 Å². The summed E-state index contributed by atoms with van der Waals surface area (Å²) in [7, 11) is 4.73. The van der Waals surface area contributed by atoms with E-state index in [1.165, 1.54) is 52.7 Å². The smallest absolute Gasteiger partial charge is 0.339 e. The second kappa shape index (κ2) is 8.81. The molecule has 8 nitrogen and oxygen atoms in total. The van der Waals surface area contributed by atoms with Gasteiger partial charge in [0, 0.05) is 0 Å². The molecule has 0 saturated carbocycles. The van der Waals surface area contributed by atoms with Crippen LogP contribution in [0.25, 0.3) is 11.1 Å². The van der Waals surface area contributed by atoms with Gasteiger partial charge < -0.3 is 18.9 Å². The molecule has 146 valence electrons. The summed E-state index contributed by atoms with van der Waals surface area (Å²) in [6.45, 7) is 0. The summed E-state index contributed by atoms with van der Waals surface area (Å²) in [5.41, 5.74) is 0.630. The second-order valence-corrected chi connectivity index (χ2v) is 5.45. The molecule has 0 aromatic heterocycles. The van der Waals surface area contributed by atoms with Gasteiger partial charge in [0.25, 0.3) is 0 Å². The van der Waals surface area contributed by atoms with Crippen LogP contribution in [-0.4, -0.2) is 52.3 Å².